The van der Waals surface area contributed by atoms with E-state index in [0.29, 0.717) is 5.57 Å². The third-order valence-corrected chi connectivity index (χ3v) is 2.73. The van der Waals surface area contributed by atoms with Crippen LogP contribution < -0.4 is 0 Å². The summed E-state index contributed by atoms with van der Waals surface area (Å²) in [5.41, 5.74) is 3.56. The van der Waals surface area contributed by atoms with Crippen molar-refractivity contribution < 1.29 is 9.90 Å². The van der Waals surface area contributed by atoms with Gasteiger partial charge in [0.2, 0.25) is 0 Å². The number of rotatable bonds is 3. The molecule has 0 saturated heterocycles. The molecule has 0 aliphatic rings. The highest BCUT2D eigenvalue weighted by molar-refractivity contribution is 6.13. The lowest BCUT2D eigenvalue weighted by Crippen LogP contribution is -1.86. The van der Waals surface area contributed by atoms with Crippen LogP contribution in [-0.2, 0) is 4.79 Å². The second-order valence-electron chi connectivity index (χ2n) is 4.18. The molecule has 0 saturated carbocycles. The number of carbonyl (C=O) groups is 1. The average Bonchev–Trinajstić information content (AvgIpc) is 2.39. The quantitative estimate of drug-likeness (QED) is 0.505. The maximum absolute atomic E-state index is 11.1. The predicted molar refractivity (Wildman–Crippen MR) is 73.2 cm³/mol. The third kappa shape index (κ3) is 2.86. The van der Waals surface area contributed by atoms with Crippen LogP contribution in [0.25, 0.3) is 11.6 Å². The summed E-state index contributed by atoms with van der Waals surface area (Å²) in [5.74, 6) is 0.194. The minimum atomic E-state index is 0.194. The molecule has 0 atom stereocenters. The summed E-state index contributed by atoms with van der Waals surface area (Å²) in [6.07, 6.45) is 2.66. The van der Waals surface area contributed by atoms with E-state index < -0.39 is 0 Å². The lowest BCUT2D eigenvalue weighted by molar-refractivity contribution is -0.103. The molecule has 2 nitrogen and oxygen atoms in total. The van der Waals surface area contributed by atoms with Gasteiger partial charge in [-0.15, -0.1) is 0 Å². The molecule has 0 aromatic heterocycles. The van der Waals surface area contributed by atoms with Crippen LogP contribution >= 0.6 is 0 Å². The van der Waals surface area contributed by atoms with Gasteiger partial charge in [0.1, 0.15) is 5.75 Å². The zero-order chi connectivity index (χ0) is 13.0. The first-order valence-electron chi connectivity index (χ1n) is 5.72. The molecule has 0 bridgehead atoms. The molecule has 2 heteroatoms. The van der Waals surface area contributed by atoms with Crippen molar-refractivity contribution in [3.05, 3.63) is 65.2 Å². The fraction of sp³-hybridized carbons (Fsp3) is 0.0625. The van der Waals surface area contributed by atoms with Crippen LogP contribution in [0.5, 0.6) is 5.75 Å². The van der Waals surface area contributed by atoms with Gasteiger partial charge in [-0.3, -0.25) is 4.79 Å². The molecule has 2 aromatic rings. The first kappa shape index (κ1) is 12.1. The minimum absolute atomic E-state index is 0.194. The van der Waals surface area contributed by atoms with Crippen LogP contribution in [0, 0.1) is 6.92 Å². The Kier molecular flexibility index (Phi) is 3.58. The van der Waals surface area contributed by atoms with E-state index in [9.17, 15) is 9.90 Å². The van der Waals surface area contributed by atoms with Gasteiger partial charge < -0.3 is 5.11 Å². The maximum Gasteiger partial charge on any atom is 0.150 e. The molecular formula is C16H14O2. The van der Waals surface area contributed by atoms with Crippen LogP contribution in [0.1, 0.15) is 16.7 Å². The molecule has 0 amide bonds. The lowest BCUT2D eigenvalue weighted by Gasteiger charge is -2.02. The standard InChI is InChI=1S/C16H14O2/c1-12-2-4-13(5-3-12)10-15(11-17)14-6-8-16(18)9-7-14/h2-11,18H,1H3/b15-10-. The van der Waals surface area contributed by atoms with Crippen molar-refractivity contribution in [2.45, 2.75) is 6.92 Å². The van der Waals surface area contributed by atoms with Crippen molar-refractivity contribution in [1.29, 1.82) is 0 Å². The van der Waals surface area contributed by atoms with Crippen molar-refractivity contribution in [1.82, 2.24) is 0 Å². The van der Waals surface area contributed by atoms with Gasteiger partial charge in [-0.1, -0.05) is 42.0 Å². The molecule has 0 aliphatic heterocycles. The van der Waals surface area contributed by atoms with Gasteiger partial charge >= 0.3 is 0 Å². The summed E-state index contributed by atoms with van der Waals surface area (Å²) in [7, 11) is 0. The van der Waals surface area contributed by atoms with Crippen LogP contribution in [-0.4, -0.2) is 11.4 Å². The zero-order valence-corrected chi connectivity index (χ0v) is 10.1. The van der Waals surface area contributed by atoms with Crippen LogP contribution in [0.2, 0.25) is 0 Å². The maximum atomic E-state index is 11.1. The Morgan fingerprint density at radius 2 is 1.61 bits per heavy atom. The summed E-state index contributed by atoms with van der Waals surface area (Å²) in [6, 6.07) is 14.5. The highest BCUT2D eigenvalue weighted by atomic mass is 16.3. The normalized spacial score (nSPS) is 11.3. The molecule has 2 aromatic carbocycles. The van der Waals surface area contributed by atoms with E-state index in [2.05, 4.69) is 0 Å². The molecule has 0 aliphatic carbocycles. The van der Waals surface area contributed by atoms with Crippen molar-refractivity contribution in [3.63, 3.8) is 0 Å². The molecule has 0 heterocycles. The third-order valence-electron chi connectivity index (χ3n) is 2.73. The fourth-order valence-corrected chi connectivity index (χ4v) is 1.68. The van der Waals surface area contributed by atoms with E-state index in [1.54, 1.807) is 24.3 Å². The highest BCUT2D eigenvalue weighted by Gasteiger charge is 2.00. The summed E-state index contributed by atoms with van der Waals surface area (Å²) in [6.45, 7) is 2.02. The number of aromatic hydroxyl groups is 1. The van der Waals surface area contributed by atoms with Gasteiger partial charge in [0.05, 0.1) is 0 Å². The molecule has 0 radical (unpaired) electrons. The Morgan fingerprint density at radius 3 is 2.17 bits per heavy atom. The van der Waals surface area contributed by atoms with Gasteiger partial charge in [0.25, 0.3) is 0 Å². The van der Waals surface area contributed by atoms with Crippen molar-refractivity contribution in [2.24, 2.45) is 0 Å². The monoisotopic (exact) mass is 238 g/mol. The van der Waals surface area contributed by atoms with E-state index >= 15 is 0 Å². The highest BCUT2D eigenvalue weighted by Crippen LogP contribution is 2.19. The van der Waals surface area contributed by atoms with Crippen molar-refractivity contribution >= 4 is 17.9 Å². The minimum Gasteiger partial charge on any atom is -0.508 e. The molecule has 0 spiro atoms. The largest absolute Gasteiger partial charge is 0.508 e. The van der Waals surface area contributed by atoms with Crippen LogP contribution in [0.3, 0.4) is 0 Å². The van der Waals surface area contributed by atoms with Gasteiger partial charge in [0, 0.05) is 5.57 Å². The molecule has 0 unspecified atom stereocenters. The number of benzene rings is 2. The van der Waals surface area contributed by atoms with Gasteiger partial charge in [-0.2, -0.15) is 0 Å². The number of carbonyl (C=O) groups excluding carboxylic acids is 1. The van der Waals surface area contributed by atoms with Crippen LogP contribution in [0.15, 0.2) is 48.5 Å². The molecule has 90 valence electrons. The topological polar surface area (TPSA) is 37.3 Å². The number of allylic oxidation sites excluding steroid dienone is 1. The van der Waals surface area contributed by atoms with Crippen molar-refractivity contribution in [3.8, 4) is 5.75 Å². The summed E-state index contributed by atoms with van der Waals surface area (Å²) >= 11 is 0. The van der Waals surface area contributed by atoms with Crippen molar-refractivity contribution in [2.75, 3.05) is 0 Å². The van der Waals surface area contributed by atoms with E-state index in [4.69, 9.17) is 0 Å². The predicted octanol–water partition coefficient (Wildman–Crippen LogP) is 3.44. The number of phenolic OH excluding ortho intramolecular Hbond substituents is 1. The van der Waals surface area contributed by atoms with E-state index in [1.807, 2.05) is 37.3 Å². The molecule has 1 N–H and O–H groups in total. The van der Waals surface area contributed by atoms with Gasteiger partial charge in [-0.25, -0.2) is 0 Å². The summed E-state index contributed by atoms with van der Waals surface area (Å²) in [4.78, 5) is 11.1. The van der Waals surface area contributed by atoms with E-state index in [1.165, 1.54) is 5.56 Å². The SMILES string of the molecule is Cc1ccc(/C=C(/C=O)c2ccc(O)cc2)cc1. The number of aryl methyl sites for hydroxylation is 1. The number of hydrogen-bond acceptors (Lipinski definition) is 2. The number of aldehydes is 1. The summed E-state index contributed by atoms with van der Waals surface area (Å²) < 4.78 is 0. The Balaban J connectivity index is 2.36. The number of phenols is 1. The fourth-order valence-electron chi connectivity index (χ4n) is 1.68. The number of hydrogen-bond donors (Lipinski definition) is 1. The Bertz CT molecular complexity index is 563. The Labute approximate surface area is 106 Å². The van der Waals surface area contributed by atoms with Gasteiger partial charge in [-0.05, 0) is 36.3 Å². The van der Waals surface area contributed by atoms with Crippen LogP contribution in [0.4, 0.5) is 0 Å². The summed E-state index contributed by atoms with van der Waals surface area (Å²) in [5, 5.41) is 9.22. The Morgan fingerprint density at radius 1 is 1.00 bits per heavy atom. The molecule has 2 rings (SSSR count). The molecular weight excluding hydrogens is 224 g/mol. The second kappa shape index (κ2) is 5.32. The molecule has 0 fully saturated rings. The smallest absolute Gasteiger partial charge is 0.150 e. The van der Waals surface area contributed by atoms with Gasteiger partial charge in [0.15, 0.2) is 6.29 Å². The van der Waals surface area contributed by atoms with E-state index in [0.717, 1.165) is 17.4 Å². The second-order valence-corrected chi connectivity index (χ2v) is 4.18. The lowest BCUT2D eigenvalue weighted by atomic mass is 10.0. The van der Waals surface area contributed by atoms with E-state index in [-0.39, 0.29) is 5.75 Å². The first-order valence-corrected chi connectivity index (χ1v) is 5.72. The Hall–Kier alpha value is -2.35. The molecule has 18 heavy (non-hydrogen) atoms. The zero-order valence-electron chi connectivity index (χ0n) is 10.1. The first-order chi connectivity index (χ1) is 8.69. The average molecular weight is 238 g/mol.